The van der Waals surface area contributed by atoms with Gasteiger partial charge in [0.25, 0.3) is 0 Å². The lowest BCUT2D eigenvalue weighted by molar-refractivity contribution is 0.405. The topological polar surface area (TPSA) is 0 Å². The van der Waals surface area contributed by atoms with Crippen LogP contribution in [0, 0.1) is 29.3 Å². The molecule has 1 aliphatic carbocycles. The van der Waals surface area contributed by atoms with Gasteiger partial charge in [0, 0.05) is 17.7 Å². The summed E-state index contributed by atoms with van der Waals surface area (Å²) in [5.74, 6) is -1.94. The zero-order chi connectivity index (χ0) is 11.9. The Bertz CT molecular complexity index is 369. The van der Waals surface area contributed by atoms with E-state index in [0.717, 1.165) is 25.0 Å². The van der Waals surface area contributed by atoms with Crippen LogP contribution in [0.15, 0.2) is 12.1 Å². The van der Waals surface area contributed by atoms with Crippen LogP contribution in [0.5, 0.6) is 0 Å². The van der Waals surface area contributed by atoms with E-state index in [-0.39, 0.29) is 17.4 Å². The molecule has 16 heavy (non-hydrogen) atoms. The fraction of sp³-hybridized carbons (Fsp3) is 0.538. The molecule has 0 heterocycles. The van der Waals surface area contributed by atoms with Gasteiger partial charge in [-0.05, 0) is 30.6 Å². The quantitative estimate of drug-likeness (QED) is 0.725. The van der Waals surface area contributed by atoms with E-state index < -0.39 is 17.5 Å². The predicted molar refractivity (Wildman–Crippen MR) is 56.6 cm³/mol. The van der Waals surface area contributed by atoms with Gasteiger partial charge in [0.2, 0.25) is 0 Å². The molecule has 0 saturated heterocycles. The molecule has 0 spiro atoms. The third-order valence-corrected chi connectivity index (χ3v) is 3.23. The van der Waals surface area contributed by atoms with Crippen LogP contribution in [-0.4, -0.2) is 0 Å². The fourth-order valence-corrected chi connectivity index (χ4v) is 2.44. The first-order valence-electron chi connectivity index (χ1n) is 5.65. The van der Waals surface area contributed by atoms with Crippen molar-refractivity contribution in [2.24, 2.45) is 11.8 Å². The van der Waals surface area contributed by atoms with Crippen LogP contribution in [0.25, 0.3) is 0 Å². The van der Waals surface area contributed by atoms with Crippen molar-refractivity contribution in [3.05, 3.63) is 35.1 Å². The smallest absolute Gasteiger partial charge is 0.132 e. The summed E-state index contributed by atoms with van der Waals surface area (Å²) in [6, 6.07) is 1.55. The van der Waals surface area contributed by atoms with Crippen molar-refractivity contribution in [1.29, 1.82) is 0 Å². The van der Waals surface area contributed by atoms with Crippen molar-refractivity contribution in [3.8, 4) is 0 Å². The van der Waals surface area contributed by atoms with Crippen LogP contribution in [0.1, 0.15) is 38.2 Å². The second kappa shape index (κ2) is 4.11. The van der Waals surface area contributed by atoms with Gasteiger partial charge in [-0.3, -0.25) is 0 Å². The molecule has 0 aromatic heterocycles. The lowest BCUT2D eigenvalue weighted by Crippen LogP contribution is -2.13. The molecule has 0 radical (unpaired) electrons. The van der Waals surface area contributed by atoms with Crippen molar-refractivity contribution >= 4 is 0 Å². The molecular weight excluding hydrogens is 213 g/mol. The van der Waals surface area contributed by atoms with E-state index in [1.165, 1.54) is 0 Å². The maximum absolute atomic E-state index is 13.6. The van der Waals surface area contributed by atoms with Crippen molar-refractivity contribution in [1.82, 2.24) is 0 Å². The molecule has 1 aromatic carbocycles. The second-order valence-electron chi connectivity index (χ2n) is 4.89. The Labute approximate surface area is 93.5 Å². The molecule has 3 heteroatoms. The molecule has 1 aromatic rings. The highest BCUT2D eigenvalue weighted by Gasteiger charge is 2.37. The summed E-state index contributed by atoms with van der Waals surface area (Å²) in [6.07, 6.45) is 2.03. The molecule has 0 aliphatic heterocycles. The van der Waals surface area contributed by atoms with E-state index in [9.17, 15) is 13.2 Å². The largest absolute Gasteiger partial charge is 0.207 e. The molecule has 0 amide bonds. The fourth-order valence-electron chi connectivity index (χ4n) is 2.44. The Morgan fingerprint density at radius 1 is 1.06 bits per heavy atom. The Morgan fingerprint density at radius 3 is 1.94 bits per heavy atom. The third kappa shape index (κ3) is 2.08. The number of benzene rings is 1. The summed E-state index contributed by atoms with van der Waals surface area (Å²) in [6.45, 7) is 3.90. The lowest BCUT2D eigenvalue weighted by Gasteiger charge is -2.22. The standard InChI is InChI=1S/C13H15F3/c1-7(2)12(8-3-4-8)13-10(15)5-9(14)6-11(13)16/h5-8,12H,3-4H2,1-2H3. The Kier molecular flexibility index (Phi) is 2.96. The third-order valence-electron chi connectivity index (χ3n) is 3.23. The summed E-state index contributed by atoms with van der Waals surface area (Å²) in [4.78, 5) is 0. The first-order chi connectivity index (χ1) is 7.50. The maximum Gasteiger partial charge on any atom is 0.132 e. The number of halogens is 3. The predicted octanol–water partition coefficient (Wildman–Crippen LogP) is 4.25. The molecule has 1 aliphatic rings. The summed E-state index contributed by atoms with van der Waals surface area (Å²) >= 11 is 0. The van der Waals surface area contributed by atoms with E-state index in [4.69, 9.17) is 0 Å². The summed E-state index contributed by atoms with van der Waals surface area (Å²) in [5.41, 5.74) is 0.0684. The van der Waals surface area contributed by atoms with Crippen molar-refractivity contribution in [2.75, 3.05) is 0 Å². The number of hydrogen-bond acceptors (Lipinski definition) is 0. The van der Waals surface area contributed by atoms with Crippen LogP contribution in [-0.2, 0) is 0 Å². The molecule has 1 fully saturated rings. The molecule has 0 nitrogen and oxygen atoms in total. The van der Waals surface area contributed by atoms with Crippen LogP contribution in [0.2, 0.25) is 0 Å². The average molecular weight is 228 g/mol. The van der Waals surface area contributed by atoms with E-state index in [2.05, 4.69) is 0 Å². The van der Waals surface area contributed by atoms with E-state index in [1.807, 2.05) is 13.8 Å². The van der Waals surface area contributed by atoms with Gasteiger partial charge in [0.15, 0.2) is 0 Å². The molecule has 0 N–H and O–H groups in total. The average Bonchev–Trinajstić information content (AvgIpc) is 2.93. The van der Waals surface area contributed by atoms with E-state index in [0.29, 0.717) is 5.92 Å². The molecule has 1 unspecified atom stereocenters. The summed E-state index contributed by atoms with van der Waals surface area (Å²) < 4.78 is 40.1. The normalized spacial score (nSPS) is 17.9. The SMILES string of the molecule is CC(C)C(c1c(F)cc(F)cc1F)C1CC1. The molecule has 1 atom stereocenters. The molecule has 2 rings (SSSR count). The Morgan fingerprint density at radius 2 is 1.56 bits per heavy atom. The first-order valence-corrected chi connectivity index (χ1v) is 5.65. The van der Waals surface area contributed by atoms with Gasteiger partial charge >= 0.3 is 0 Å². The molecule has 1 saturated carbocycles. The van der Waals surface area contributed by atoms with Gasteiger partial charge in [-0.15, -0.1) is 0 Å². The minimum atomic E-state index is -0.850. The highest BCUT2D eigenvalue weighted by atomic mass is 19.1. The van der Waals surface area contributed by atoms with Crippen molar-refractivity contribution in [3.63, 3.8) is 0 Å². The molecule has 0 bridgehead atoms. The summed E-state index contributed by atoms with van der Waals surface area (Å²) in [5, 5.41) is 0. The highest BCUT2D eigenvalue weighted by molar-refractivity contribution is 5.27. The molecular formula is C13H15F3. The minimum Gasteiger partial charge on any atom is -0.207 e. The zero-order valence-electron chi connectivity index (χ0n) is 9.43. The van der Waals surface area contributed by atoms with Gasteiger partial charge < -0.3 is 0 Å². The maximum atomic E-state index is 13.6. The highest BCUT2D eigenvalue weighted by Crippen LogP contribution is 2.47. The van der Waals surface area contributed by atoms with Gasteiger partial charge in [-0.2, -0.15) is 0 Å². The van der Waals surface area contributed by atoms with E-state index in [1.54, 1.807) is 0 Å². The van der Waals surface area contributed by atoms with Crippen LogP contribution in [0.4, 0.5) is 13.2 Å². The van der Waals surface area contributed by atoms with Gasteiger partial charge in [-0.25, -0.2) is 13.2 Å². The van der Waals surface area contributed by atoms with Crippen molar-refractivity contribution in [2.45, 2.75) is 32.6 Å². The van der Waals surface area contributed by atoms with Gasteiger partial charge in [0.05, 0.1) is 0 Å². The van der Waals surface area contributed by atoms with Gasteiger partial charge in [-0.1, -0.05) is 13.8 Å². The Balaban J connectivity index is 2.44. The van der Waals surface area contributed by atoms with Crippen LogP contribution >= 0.6 is 0 Å². The Hall–Kier alpha value is -0.990. The summed E-state index contributed by atoms with van der Waals surface area (Å²) in [7, 11) is 0. The van der Waals surface area contributed by atoms with Crippen LogP contribution in [0.3, 0.4) is 0 Å². The van der Waals surface area contributed by atoms with Crippen molar-refractivity contribution < 1.29 is 13.2 Å². The molecule has 88 valence electrons. The first kappa shape index (κ1) is 11.5. The zero-order valence-corrected chi connectivity index (χ0v) is 9.43. The minimum absolute atomic E-state index is 0.0684. The van der Waals surface area contributed by atoms with E-state index >= 15 is 0 Å². The van der Waals surface area contributed by atoms with Crippen LogP contribution < -0.4 is 0 Å². The lowest BCUT2D eigenvalue weighted by atomic mass is 9.84. The van der Waals surface area contributed by atoms with Gasteiger partial charge in [0.1, 0.15) is 17.5 Å². The second-order valence-corrected chi connectivity index (χ2v) is 4.89. The number of rotatable bonds is 3. The monoisotopic (exact) mass is 228 g/mol. The number of hydrogen-bond donors (Lipinski definition) is 0.